The fourth-order valence-corrected chi connectivity index (χ4v) is 3.85. The number of hydrogen-bond donors (Lipinski definition) is 2. The van der Waals surface area contributed by atoms with Gasteiger partial charge in [-0.25, -0.2) is 4.79 Å². The van der Waals surface area contributed by atoms with Crippen LogP contribution in [-0.2, 0) is 11.3 Å². The molecule has 0 aliphatic heterocycles. The summed E-state index contributed by atoms with van der Waals surface area (Å²) in [5.41, 5.74) is 2.02. The van der Waals surface area contributed by atoms with Gasteiger partial charge in [0.25, 0.3) is 11.5 Å². The van der Waals surface area contributed by atoms with Crippen LogP contribution in [0.5, 0.6) is 0 Å². The molecule has 0 spiro atoms. The SMILES string of the molecule is CC(Cl)C(=O)Nn1c(=O)c2cc(SNC3(C)CC3)ccc2n(CC2CC2)c1=O. The predicted molar refractivity (Wildman–Crippen MR) is 112 cm³/mol. The fourth-order valence-electron chi connectivity index (χ4n) is 2.92. The molecule has 1 unspecified atom stereocenters. The molecule has 1 heterocycles. The van der Waals surface area contributed by atoms with Gasteiger partial charge in [-0.1, -0.05) is 0 Å². The van der Waals surface area contributed by atoms with Crippen LogP contribution in [0.25, 0.3) is 10.9 Å². The number of nitrogens with one attached hydrogen (secondary N) is 2. The number of alkyl halides is 1. The third kappa shape index (κ3) is 3.99. The first-order valence-corrected chi connectivity index (χ1v) is 10.7. The Balaban J connectivity index is 1.78. The molecule has 0 radical (unpaired) electrons. The predicted octanol–water partition coefficient (Wildman–Crippen LogP) is 2.42. The van der Waals surface area contributed by atoms with Gasteiger partial charge in [0.2, 0.25) is 0 Å². The lowest BCUT2D eigenvalue weighted by Gasteiger charge is -2.16. The number of fused-ring (bicyclic) bond motifs is 1. The Morgan fingerprint density at radius 3 is 2.68 bits per heavy atom. The molecule has 2 N–H and O–H groups in total. The Labute approximate surface area is 171 Å². The van der Waals surface area contributed by atoms with Gasteiger partial charge >= 0.3 is 5.69 Å². The molecule has 1 amide bonds. The van der Waals surface area contributed by atoms with Crippen molar-refractivity contribution in [2.45, 2.75) is 61.9 Å². The molecule has 2 aliphatic carbocycles. The maximum absolute atomic E-state index is 13.0. The van der Waals surface area contributed by atoms with Crippen molar-refractivity contribution >= 4 is 40.4 Å². The number of carbonyl (C=O) groups is 1. The van der Waals surface area contributed by atoms with Crippen LogP contribution in [0.1, 0.15) is 39.5 Å². The topological polar surface area (TPSA) is 85.1 Å². The maximum atomic E-state index is 13.0. The smallest absolute Gasteiger partial charge is 0.291 e. The molecular weight excluding hydrogens is 400 g/mol. The standard InChI is InChI=1S/C19H23ClN4O3S/c1-11(20)16(25)21-24-17(26)14-9-13(28-22-19(2)7-8-19)5-6-15(14)23(18(24)27)10-12-3-4-12/h5-6,9,11-12,22H,3-4,7-8,10H2,1-2H3,(H,21,25). The quantitative estimate of drug-likeness (QED) is 0.528. The Morgan fingerprint density at radius 1 is 1.36 bits per heavy atom. The zero-order valence-corrected chi connectivity index (χ0v) is 17.4. The lowest BCUT2D eigenvalue weighted by Crippen LogP contribution is -2.48. The van der Waals surface area contributed by atoms with E-state index in [2.05, 4.69) is 17.1 Å². The van der Waals surface area contributed by atoms with E-state index in [9.17, 15) is 14.4 Å². The van der Waals surface area contributed by atoms with Crippen molar-refractivity contribution < 1.29 is 4.79 Å². The van der Waals surface area contributed by atoms with E-state index in [4.69, 9.17) is 11.6 Å². The van der Waals surface area contributed by atoms with Gasteiger partial charge in [-0.3, -0.25) is 24.3 Å². The number of benzene rings is 1. The van der Waals surface area contributed by atoms with Gasteiger partial charge in [0.15, 0.2) is 0 Å². The van der Waals surface area contributed by atoms with E-state index < -0.39 is 22.5 Å². The molecular formula is C19H23ClN4O3S. The van der Waals surface area contributed by atoms with Gasteiger partial charge in [0.05, 0.1) is 10.9 Å². The minimum absolute atomic E-state index is 0.148. The van der Waals surface area contributed by atoms with E-state index in [1.165, 1.54) is 18.9 Å². The van der Waals surface area contributed by atoms with E-state index in [1.54, 1.807) is 10.6 Å². The zero-order chi connectivity index (χ0) is 20.1. The number of amides is 1. The van der Waals surface area contributed by atoms with Crippen LogP contribution in [0.4, 0.5) is 0 Å². The molecule has 2 fully saturated rings. The second kappa shape index (κ2) is 7.24. The van der Waals surface area contributed by atoms with E-state index in [1.807, 2.05) is 12.1 Å². The summed E-state index contributed by atoms with van der Waals surface area (Å²) in [5, 5.41) is -0.459. The highest BCUT2D eigenvalue weighted by Crippen LogP contribution is 2.37. The summed E-state index contributed by atoms with van der Waals surface area (Å²) in [5.74, 6) is -0.160. The highest BCUT2D eigenvalue weighted by atomic mass is 35.5. The summed E-state index contributed by atoms with van der Waals surface area (Å²) in [6.45, 7) is 4.18. The van der Waals surface area contributed by atoms with E-state index in [0.717, 1.165) is 35.3 Å². The van der Waals surface area contributed by atoms with Gasteiger partial charge in [-0.15, -0.1) is 11.6 Å². The normalized spacial score (nSPS) is 18.8. The van der Waals surface area contributed by atoms with Crippen molar-refractivity contribution in [3.63, 3.8) is 0 Å². The summed E-state index contributed by atoms with van der Waals surface area (Å²) in [7, 11) is 0. The van der Waals surface area contributed by atoms with Crippen LogP contribution in [0.2, 0.25) is 0 Å². The minimum atomic E-state index is -0.857. The van der Waals surface area contributed by atoms with Crippen LogP contribution in [-0.4, -0.2) is 26.1 Å². The monoisotopic (exact) mass is 422 g/mol. The summed E-state index contributed by atoms with van der Waals surface area (Å²) in [6.07, 6.45) is 4.39. The Hall–Kier alpha value is -1.77. The first-order chi connectivity index (χ1) is 13.3. The lowest BCUT2D eigenvalue weighted by atomic mass is 10.2. The Bertz CT molecular complexity index is 1050. The summed E-state index contributed by atoms with van der Waals surface area (Å²) >= 11 is 7.28. The molecule has 0 bridgehead atoms. The van der Waals surface area contributed by atoms with Crippen LogP contribution in [0.15, 0.2) is 32.7 Å². The van der Waals surface area contributed by atoms with Gasteiger partial charge in [-0.2, -0.15) is 4.68 Å². The van der Waals surface area contributed by atoms with Gasteiger partial charge in [0, 0.05) is 17.0 Å². The second-order valence-corrected chi connectivity index (χ2v) is 9.55. The molecule has 1 atom stereocenters. The van der Waals surface area contributed by atoms with Crippen molar-refractivity contribution in [2.75, 3.05) is 5.43 Å². The molecule has 2 aromatic rings. The van der Waals surface area contributed by atoms with Gasteiger partial charge in [0.1, 0.15) is 5.38 Å². The molecule has 9 heteroatoms. The first kappa shape index (κ1) is 19.5. The molecule has 2 aliphatic rings. The molecule has 28 heavy (non-hydrogen) atoms. The number of rotatable bonds is 7. The largest absolute Gasteiger partial charge is 0.350 e. The number of halogens is 1. The zero-order valence-electron chi connectivity index (χ0n) is 15.8. The van der Waals surface area contributed by atoms with Crippen molar-refractivity contribution in [3.8, 4) is 0 Å². The molecule has 0 saturated heterocycles. The molecule has 150 valence electrons. The van der Waals surface area contributed by atoms with Crippen LogP contribution >= 0.6 is 23.5 Å². The molecule has 2 saturated carbocycles. The third-order valence-electron chi connectivity index (χ3n) is 5.25. The second-order valence-electron chi connectivity index (χ2n) is 8.01. The van der Waals surface area contributed by atoms with Crippen molar-refractivity contribution in [1.82, 2.24) is 14.0 Å². The number of nitrogens with zero attached hydrogens (tertiary/aromatic N) is 2. The first-order valence-electron chi connectivity index (χ1n) is 9.46. The van der Waals surface area contributed by atoms with Crippen LogP contribution < -0.4 is 21.4 Å². The third-order valence-corrected chi connectivity index (χ3v) is 6.53. The highest BCUT2D eigenvalue weighted by Gasteiger charge is 2.37. The molecule has 1 aromatic carbocycles. The Morgan fingerprint density at radius 2 is 2.07 bits per heavy atom. The molecule has 7 nitrogen and oxygen atoms in total. The van der Waals surface area contributed by atoms with Gasteiger partial charge in [-0.05, 0) is 75.6 Å². The maximum Gasteiger partial charge on any atom is 0.350 e. The van der Waals surface area contributed by atoms with Crippen LogP contribution in [0.3, 0.4) is 0 Å². The lowest BCUT2D eigenvalue weighted by molar-refractivity contribution is -0.116. The van der Waals surface area contributed by atoms with Crippen molar-refractivity contribution in [1.29, 1.82) is 0 Å². The number of aromatic nitrogens is 2. The number of carbonyl (C=O) groups excluding carboxylic acids is 1. The fraction of sp³-hybridized carbons (Fsp3) is 0.526. The van der Waals surface area contributed by atoms with Crippen molar-refractivity contribution in [3.05, 3.63) is 39.0 Å². The van der Waals surface area contributed by atoms with Crippen LogP contribution in [0, 0.1) is 5.92 Å². The highest BCUT2D eigenvalue weighted by molar-refractivity contribution is 7.97. The molecule has 4 rings (SSSR count). The van der Waals surface area contributed by atoms with Gasteiger partial charge < -0.3 is 0 Å². The number of hydrogen-bond acceptors (Lipinski definition) is 5. The van der Waals surface area contributed by atoms with E-state index in [0.29, 0.717) is 23.4 Å². The summed E-state index contributed by atoms with van der Waals surface area (Å²) in [6, 6.07) is 5.50. The van der Waals surface area contributed by atoms with E-state index in [-0.39, 0.29) is 5.54 Å². The van der Waals surface area contributed by atoms with E-state index >= 15 is 0 Å². The minimum Gasteiger partial charge on any atom is -0.291 e. The average molecular weight is 423 g/mol. The summed E-state index contributed by atoms with van der Waals surface area (Å²) in [4.78, 5) is 38.8. The average Bonchev–Trinajstić information content (AvgIpc) is 3.59. The molecule has 1 aromatic heterocycles. The van der Waals surface area contributed by atoms with Crippen molar-refractivity contribution in [2.24, 2.45) is 5.92 Å². The summed E-state index contributed by atoms with van der Waals surface area (Å²) < 4.78 is 5.78. The Kier molecular flexibility index (Phi) is 5.05.